The lowest BCUT2D eigenvalue weighted by atomic mass is 9.93. The molecule has 1 aromatic heterocycles. The average molecular weight is 298 g/mol. The van der Waals surface area contributed by atoms with E-state index in [1.807, 2.05) is 13.8 Å². The van der Waals surface area contributed by atoms with Gasteiger partial charge in [0.1, 0.15) is 0 Å². The van der Waals surface area contributed by atoms with Gasteiger partial charge in [-0.3, -0.25) is 9.59 Å². The zero-order valence-electron chi connectivity index (χ0n) is 12.0. The van der Waals surface area contributed by atoms with Gasteiger partial charge in [-0.2, -0.15) is 0 Å². The van der Waals surface area contributed by atoms with E-state index >= 15 is 0 Å². The fraction of sp³-hybridized carbons (Fsp3) is 0.714. The Morgan fingerprint density at radius 2 is 2.00 bits per heavy atom. The van der Waals surface area contributed by atoms with Crippen LogP contribution in [0.1, 0.15) is 42.7 Å². The number of aliphatic hydroxyl groups excluding tert-OH is 1. The van der Waals surface area contributed by atoms with Crippen LogP contribution < -0.4 is 10.2 Å². The standard InChI is InChI=1S/C14H22N2O3S/c1-9-10(2)20-14(19)16(9)8-7-13(18)15-11-3-5-12(17)6-4-11/h11-12,17H,3-8H2,1-2H3,(H,15,18). The van der Waals surface area contributed by atoms with Crippen LogP contribution in [0.25, 0.3) is 0 Å². The Labute approximate surface area is 122 Å². The Morgan fingerprint density at radius 3 is 2.55 bits per heavy atom. The van der Waals surface area contributed by atoms with E-state index < -0.39 is 0 Å². The van der Waals surface area contributed by atoms with Crippen LogP contribution in [-0.2, 0) is 11.3 Å². The van der Waals surface area contributed by atoms with Crippen LogP contribution in [0.15, 0.2) is 4.79 Å². The van der Waals surface area contributed by atoms with Crippen LogP contribution in [-0.4, -0.2) is 27.7 Å². The Balaban J connectivity index is 1.82. The molecule has 0 saturated heterocycles. The van der Waals surface area contributed by atoms with Gasteiger partial charge in [0, 0.05) is 29.6 Å². The number of rotatable bonds is 4. The number of aliphatic hydroxyl groups is 1. The van der Waals surface area contributed by atoms with Crippen molar-refractivity contribution in [2.45, 2.75) is 64.6 Å². The number of aromatic nitrogens is 1. The summed E-state index contributed by atoms with van der Waals surface area (Å²) < 4.78 is 1.67. The summed E-state index contributed by atoms with van der Waals surface area (Å²) in [6.45, 7) is 4.27. The smallest absolute Gasteiger partial charge is 0.307 e. The summed E-state index contributed by atoms with van der Waals surface area (Å²) in [7, 11) is 0. The normalized spacial score (nSPS) is 22.8. The molecule has 1 aliphatic carbocycles. The topological polar surface area (TPSA) is 71.3 Å². The van der Waals surface area contributed by atoms with Gasteiger partial charge in [0.05, 0.1) is 6.10 Å². The highest BCUT2D eigenvalue weighted by Crippen LogP contribution is 2.18. The van der Waals surface area contributed by atoms with Crippen molar-refractivity contribution in [3.63, 3.8) is 0 Å². The number of carbonyl (C=O) groups is 1. The van der Waals surface area contributed by atoms with E-state index in [9.17, 15) is 14.7 Å². The van der Waals surface area contributed by atoms with E-state index in [1.165, 1.54) is 11.3 Å². The van der Waals surface area contributed by atoms with Crippen molar-refractivity contribution >= 4 is 17.2 Å². The van der Waals surface area contributed by atoms with Gasteiger partial charge in [-0.25, -0.2) is 0 Å². The molecular formula is C14H22N2O3S. The largest absolute Gasteiger partial charge is 0.393 e. The lowest BCUT2D eigenvalue weighted by Gasteiger charge is -2.26. The molecule has 2 rings (SSSR count). The molecule has 1 aliphatic rings. The molecule has 0 aromatic carbocycles. The summed E-state index contributed by atoms with van der Waals surface area (Å²) in [5.74, 6) is -0.0125. The maximum atomic E-state index is 11.9. The SMILES string of the molecule is Cc1sc(=O)n(CCC(=O)NC2CCC(O)CC2)c1C. The van der Waals surface area contributed by atoms with Crippen molar-refractivity contribution in [1.82, 2.24) is 9.88 Å². The average Bonchev–Trinajstić information content (AvgIpc) is 2.64. The minimum Gasteiger partial charge on any atom is -0.393 e. The van der Waals surface area contributed by atoms with E-state index in [0.717, 1.165) is 36.3 Å². The van der Waals surface area contributed by atoms with E-state index in [-0.39, 0.29) is 22.9 Å². The van der Waals surface area contributed by atoms with Gasteiger partial charge in [0.15, 0.2) is 0 Å². The van der Waals surface area contributed by atoms with E-state index in [1.54, 1.807) is 4.57 Å². The molecule has 112 valence electrons. The first-order valence-electron chi connectivity index (χ1n) is 7.11. The van der Waals surface area contributed by atoms with Crippen molar-refractivity contribution in [2.24, 2.45) is 0 Å². The van der Waals surface area contributed by atoms with Gasteiger partial charge in [0.2, 0.25) is 5.91 Å². The predicted octanol–water partition coefficient (Wildman–Crippen LogP) is 1.34. The highest BCUT2D eigenvalue weighted by molar-refractivity contribution is 7.09. The molecule has 0 unspecified atom stereocenters. The second-order valence-corrected chi connectivity index (χ2v) is 6.65. The first-order chi connectivity index (χ1) is 9.47. The predicted molar refractivity (Wildman–Crippen MR) is 79.1 cm³/mol. The molecule has 1 saturated carbocycles. The summed E-state index contributed by atoms with van der Waals surface area (Å²) in [5.41, 5.74) is 0.952. The van der Waals surface area contributed by atoms with Crippen molar-refractivity contribution < 1.29 is 9.90 Å². The molecule has 1 aromatic rings. The molecule has 1 heterocycles. The molecule has 1 amide bonds. The maximum Gasteiger partial charge on any atom is 0.307 e. The molecule has 0 aliphatic heterocycles. The molecule has 0 bridgehead atoms. The van der Waals surface area contributed by atoms with Gasteiger partial charge in [0.25, 0.3) is 0 Å². The lowest BCUT2D eigenvalue weighted by Crippen LogP contribution is -2.39. The third-order valence-corrected chi connectivity index (χ3v) is 5.00. The van der Waals surface area contributed by atoms with Crippen LogP contribution in [0.3, 0.4) is 0 Å². The van der Waals surface area contributed by atoms with Gasteiger partial charge in [-0.05, 0) is 39.5 Å². The Bertz CT molecular complexity index is 527. The Kier molecular flexibility index (Phi) is 4.99. The summed E-state index contributed by atoms with van der Waals surface area (Å²) >= 11 is 1.23. The van der Waals surface area contributed by atoms with E-state index in [2.05, 4.69) is 5.32 Å². The van der Waals surface area contributed by atoms with Crippen molar-refractivity contribution in [3.05, 3.63) is 20.2 Å². The van der Waals surface area contributed by atoms with Crippen LogP contribution in [0.4, 0.5) is 0 Å². The van der Waals surface area contributed by atoms with Crippen LogP contribution in [0, 0.1) is 13.8 Å². The van der Waals surface area contributed by atoms with Crippen molar-refractivity contribution in [2.75, 3.05) is 0 Å². The fourth-order valence-electron chi connectivity index (χ4n) is 2.58. The summed E-state index contributed by atoms with van der Waals surface area (Å²) in [5, 5.41) is 12.4. The Morgan fingerprint density at radius 1 is 1.35 bits per heavy atom. The molecule has 5 nitrogen and oxygen atoms in total. The number of amides is 1. The third-order valence-electron chi connectivity index (χ3n) is 4.00. The van der Waals surface area contributed by atoms with E-state index in [0.29, 0.717) is 13.0 Å². The summed E-state index contributed by atoms with van der Waals surface area (Å²) in [6.07, 6.45) is 3.31. The molecule has 2 N–H and O–H groups in total. The number of aryl methyl sites for hydroxylation is 1. The number of hydrogen-bond acceptors (Lipinski definition) is 4. The van der Waals surface area contributed by atoms with Gasteiger partial charge < -0.3 is 15.0 Å². The minimum absolute atomic E-state index is 0.00795. The van der Waals surface area contributed by atoms with Gasteiger partial charge in [-0.15, -0.1) is 0 Å². The molecule has 20 heavy (non-hydrogen) atoms. The van der Waals surface area contributed by atoms with Gasteiger partial charge in [-0.1, -0.05) is 11.3 Å². The molecular weight excluding hydrogens is 276 g/mol. The summed E-state index contributed by atoms with van der Waals surface area (Å²) in [4.78, 5) is 24.7. The first kappa shape index (κ1) is 15.3. The monoisotopic (exact) mass is 298 g/mol. The molecule has 0 radical (unpaired) electrons. The number of nitrogens with zero attached hydrogens (tertiary/aromatic N) is 1. The number of hydrogen-bond donors (Lipinski definition) is 2. The highest BCUT2D eigenvalue weighted by Gasteiger charge is 2.20. The number of carbonyl (C=O) groups excluding carboxylic acids is 1. The van der Waals surface area contributed by atoms with Crippen LogP contribution in [0.5, 0.6) is 0 Å². The third kappa shape index (κ3) is 3.70. The minimum atomic E-state index is -0.210. The highest BCUT2D eigenvalue weighted by atomic mass is 32.1. The molecule has 1 fully saturated rings. The second kappa shape index (κ2) is 6.54. The van der Waals surface area contributed by atoms with Crippen molar-refractivity contribution in [1.29, 1.82) is 0 Å². The number of nitrogens with one attached hydrogen (secondary N) is 1. The molecule has 0 spiro atoms. The van der Waals surface area contributed by atoms with Crippen molar-refractivity contribution in [3.8, 4) is 0 Å². The van der Waals surface area contributed by atoms with Crippen LogP contribution >= 0.6 is 11.3 Å². The summed E-state index contributed by atoms with van der Waals surface area (Å²) in [6, 6.07) is 0.174. The zero-order valence-corrected chi connectivity index (χ0v) is 12.8. The Hall–Kier alpha value is -1.14. The second-order valence-electron chi connectivity index (χ2n) is 5.48. The lowest BCUT2D eigenvalue weighted by molar-refractivity contribution is -0.122. The quantitative estimate of drug-likeness (QED) is 0.881. The number of thiazole rings is 1. The fourth-order valence-corrected chi connectivity index (χ4v) is 3.44. The van der Waals surface area contributed by atoms with Crippen LogP contribution in [0.2, 0.25) is 0 Å². The zero-order chi connectivity index (χ0) is 14.7. The van der Waals surface area contributed by atoms with E-state index in [4.69, 9.17) is 0 Å². The molecule has 6 heteroatoms. The maximum absolute atomic E-state index is 11.9. The van der Waals surface area contributed by atoms with Gasteiger partial charge >= 0.3 is 4.87 Å². The first-order valence-corrected chi connectivity index (χ1v) is 7.93. The molecule has 0 atom stereocenters.